The summed E-state index contributed by atoms with van der Waals surface area (Å²) in [5.41, 5.74) is 1.47. The van der Waals surface area contributed by atoms with Crippen LogP contribution in [0.4, 0.5) is 4.39 Å². The maximum Gasteiger partial charge on any atom is 0.239 e. The summed E-state index contributed by atoms with van der Waals surface area (Å²) in [6.07, 6.45) is 3.13. The number of hydrogen-bond acceptors (Lipinski definition) is 0. The first kappa shape index (κ1) is 12.0. The number of rotatable bonds is 1. The summed E-state index contributed by atoms with van der Waals surface area (Å²) >= 11 is 17.4. The summed E-state index contributed by atoms with van der Waals surface area (Å²) in [6.45, 7) is 0. The van der Waals surface area contributed by atoms with Gasteiger partial charge in [-0.3, -0.25) is 0 Å². The largest absolute Gasteiger partial charge is 0.239 e. The van der Waals surface area contributed by atoms with Crippen molar-refractivity contribution in [2.45, 2.75) is 10.5 Å². The average molecular weight is 278 g/mol. The van der Waals surface area contributed by atoms with E-state index in [9.17, 15) is 4.39 Å². The van der Waals surface area contributed by atoms with E-state index in [2.05, 4.69) is 0 Å². The third-order valence-corrected chi connectivity index (χ3v) is 3.99. The lowest BCUT2D eigenvalue weighted by Crippen LogP contribution is -2.31. The predicted octanol–water partition coefficient (Wildman–Crippen LogP) is 4.72. The zero-order valence-electron chi connectivity index (χ0n) is 8.13. The lowest BCUT2D eigenvalue weighted by atomic mass is 9.95. The number of benzene rings is 1. The van der Waals surface area contributed by atoms with Gasteiger partial charge in [-0.15, -0.1) is 11.6 Å². The highest BCUT2D eigenvalue weighted by Gasteiger charge is 2.43. The van der Waals surface area contributed by atoms with Crippen LogP contribution < -0.4 is 0 Å². The van der Waals surface area contributed by atoms with E-state index in [0.717, 1.165) is 5.56 Å². The summed E-state index contributed by atoms with van der Waals surface area (Å²) in [7, 11) is 0. The zero-order valence-corrected chi connectivity index (χ0v) is 10.4. The molecule has 2 rings (SSSR count). The van der Waals surface area contributed by atoms with Gasteiger partial charge in [-0.2, -0.15) is 0 Å². The minimum Gasteiger partial charge on any atom is -0.218 e. The topological polar surface area (TPSA) is 0 Å². The van der Waals surface area contributed by atoms with Gasteiger partial charge >= 0.3 is 0 Å². The van der Waals surface area contributed by atoms with Crippen molar-refractivity contribution < 1.29 is 4.39 Å². The Morgan fingerprint density at radius 2 is 1.75 bits per heavy atom. The Morgan fingerprint density at radius 1 is 1.12 bits per heavy atom. The van der Waals surface area contributed by atoms with E-state index < -0.39 is 10.5 Å². The van der Waals surface area contributed by atoms with Crippen molar-refractivity contribution in [2.24, 2.45) is 0 Å². The minimum absolute atomic E-state index is 0.0890. The molecule has 0 amide bonds. The third-order valence-electron chi connectivity index (χ3n) is 2.43. The molecule has 0 radical (unpaired) electrons. The molecule has 0 spiro atoms. The van der Waals surface area contributed by atoms with Crippen molar-refractivity contribution >= 4 is 40.4 Å². The van der Waals surface area contributed by atoms with Crippen LogP contribution >= 0.6 is 34.8 Å². The van der Waals surface area contributed by atoms with Crippen LogP contribution in [-0.4, -0.2) is 10.5 Å². The first-order chi connectivity index (χ1) is 7.53. The molecule has 0 saturated heterocycles. The van der Waals surface area contributed by atoms with Crippen LogP contribution in [0.25, 0.3) is 5.57 Å². The molecule has 2 unspecified atom stereocenters. The summed E-state index contributed by atoms with van der Waals surface area (Å²) in [6, 6.07) is 9.28. The smallest absolute Gasteiger partial charge is 0.218 e. The SMILES string of the molecule is FC1(Cl)C(Cl)=CC=C(c2ccccc2)C1Cl. The van der Waals surface area contributed by atoms with Crippen LogP contribution in [-0.2, 0) is 0 Å². The first-order valence-corrected chi connectivity index (χ1v) is 5.88. The van der Waals surface area contributed by atoms with Crippen LogP contribution in [0.5, 0.6) is 0 Å². The monoisotopic (exact) mass is 276 g/mol. The van der Waals surface area contributed by atoms with E-state index >= 15 is 0 Å². The van der Waals surface area contributed by atoms with Crippen molar-refractivity contribution in [1.82, 2.24) is 0 Å². The van der Waals surface area contributed by atoms with Crippen molar-refractivity contribution in [3.63, 3.8) is 0 Å². The Balaban J connectivity index is 2.45. The highest BCUT2D eigenvalue weighted by Crippen LogP contribution is 2.45. The molecule has 1 aliphatic rings. The minimum atomic E-state index is -2.23. The van der Waals surface area contributed by atoms with Gasteiger partial charge in [0.2, 0.25) is 5.13 Å². The molecule has 1 aliphatic carbocycles. The van der Waals surface area contributed by atoms with Gasteiger partial charge in [-0.1, -0.05) is 59.6 Å². The Bertz CT molecular complexity index is 449. The highest BCUT2D eigenvalue weighted by molar-refractivity contribution is 6.44. The Morgan fingerprint density at radius 3 is 2.38 bits per heavy atom. The molecule has 0 saturated carbocycles. The molecular weight excluding hydrogens is 269 g/mol. The van der Waals surface area contributed by atoms with E-state index in [1.54, 1.807) is 6.08 Å². The predicted molar refractivity (Wildman–Crippen MR) is 67.7 cm³/mol. The number of allylic oxidation sites excluding steroid dienone is 4. The fourth-order valence-electron chi connectivity index (χ4n) is 1.55. The molecule has 0 N–H and O–H groups in total. The molecule has 16 heavy (non-hydrogen) atoms. The quantitative estimate of drug-likeness (QED) is 0.652. The molecule has 0 nitrogen and oxygen atoms in total. The summed E-state index contributed by atoms with van der Waals surface area (Å²) in [5.74, 6) is 0. The molecule has 0 aliphatic heterocycles. The molecule has 84 valence electrons. The van der Waals surface area contributed by atoms with Crippen molar-refractivity contribution in [3.05, 3.63) is 53.1 Å². The van der Waals surface area contributed by atoms with Crippen molar-refractivity contribution in [3.8, 4) is 0 Å². The first-order valence-electron chi connectivity index (χ1n) is 4.68. The highest BCUT2D eigenvalue weighted by atomic mass is 35.5. The molecule has 0 fully saturated rings. The van der Waals surface area contributed by atoms with Crippen molar-refractivity contribution in [1.29, 1.82) is 0 Å². The molecule has 0 heterocycles. The van der Waals surface area contributed by atoms with Gasteiger partial charge in [0.15, 0.2) is 0 Å². The van der Waals surface area contributed by atoms with Crippen molar-refractivity contribution in [2.75, 3.05) is 0 Å². The third kappa shape index (κ3) is 2.00. The zero-order chi connectivity index (χ0) is 11.8. The van der Waals surface area contributed by atoms with Gasteiger partial charge in [0.25, 0.3) is 0 Å². The van der Waals surface area contributed by atoms with Gasteiger partial charge in [0.1, 0.15) is 5.38 Å². The summed E-state index contributed by atoms with van der Waals surface area (Å²) in [5, 5.41) is -3.31. The van der Waals surface area contributed by atoms with Crippen LogP contribution in [0.1, 0.15) is 5.56 Å². The van der Waals surface area contributed by atoms with Crippen LogP contribution in [0.2, 0.25) is 0 Å². The van der Waals surface area contributed by atoms with E-state index in [4.69, 9.17) is 34.8 Å². The summed E-state index contributed by atoms with van der Waals surface area (Å²) < 4.78 is 14.0. The second kappa shape index (κ2) is 4.40. The Kier molecular flexibility index (Phi) is 3.29. The van der Waals surface area contributed by atoms with E-state index in [1.165, 1.54) is 6.08 Å². The van der Waals surface area contributed by atoms with E-state index in [1.807, 2.05) is 30.3 Å². The van der Waals surface area contributed by atoms with Gasteiger partial charge in [0, 0.05) is 0 Å². The van der Waals surface area contributed by atoms with E-state index in [-0.39, 0.29) is 5.03 Å². The van der Waals surface area contributed by atoms with Crippen LogP contribution in [0.3, 0.4) is 0 Å². The Hall–Kier alpha value is -0.500. The van der Waals surface area contributed by atoms with Crippen LogP contribution in [0.15, 0.2) is 47.5 Å². The second-order valence-electron chi connectivity index (χ2n) is 3.49. The maximum absolute atomic E-state index is 14.0. The number of alkyl halides is 3. The van der Waals surface area contributed by atoms with Crippen LogP contribution in [0, 0.1) is 0 Å². The standard InChI is InChI=1S/C12H8Cl3F/c13-10-7-6-9(11(14)12(10,15)16)8-4-2-1-3-5-8/h1-7,11H. The molecule has 1 aromatic rings. The van der Waals surface area contributed by atoms with Gasteiger partial charge in [0.05, 0.1) is 5.03 Å². The summed E-state index contributed by atoms with van der Waals surface area (Å²) in [4.78, 5) is 0. The maximum atomic E-state index is 14.0. The fraction of sp³-hybridized carbons (Fsp3) is 0.167. The number of hydrogen-bond donors (Lipinski definition) is 0. The normalized spacial score (nSPS) is 29.6. The van der Waals surface area contributed by atoms with E-state index in [0.29, 0.717) is 5.57 Å². The molecule has 0 bridgehead atoms. The molecule has 4 heteroatoms. The number of halogens is 4. The second-order valence-corrected chi connectivity index (χ2v) is 4.88. The fourth-order valence-corrected chi connectivity index (χ4v) is 2.27. The van der Waals surface area contributed by atoms with Gasteiger partial charge < -0.3 is 0 Å². The van der Waals surface area contributed by atoms with Gasteiger partial charge in [-0.05, 0) is 17.2 Å². The average Bonchev–Trinajstić information content (AvgIpc) is 2.28. The molecule has 1 aromatic carbocycles. The lowest BCUT2D eigenvalue weighted by molar-refractivity contribution is 0.349. The Labute approximate surface area is 108 Å². The molecular formula is C12H8Cl3F. The van der Waals surface area contributed by atoms with Gasteiger partial charge in [-0.25, -0.2) is 4.39 Å². The lowest BCUT2D eigenvalue weighted by Gasteiger charge is -2.28. The molecule has 2 atom stereocenters. The molecule has 0 aromatic heterocycles.